The van der Waals surface area contributed by atoms with Crippen LogP contribution in [0.1, 0.15) is 86.5 Å². The molecule has 1 aliphatic carbocycles. The van der Waals surface area contributed by atoms with Crippen LogP contribution >= 0.6 is 0 Å². The molecule has 2 heterocycles. The maximum atomic E-state index is 13.1. The van der Waals surface area contributed by atoms with Crippen LogP contribution in [-0.2, 0) is 14.8 Å². The minimum absolute atomic E-state index is 0.0300. The lowest BCUT2D eigenvalue weighted by Gasteiger charge is -2.36. The average molecular weight is 509 g/mol. The molecular formula is C29H36N2O4S. The zero-order valence-corrected chi connectivity index (χ0v) is 22.1. The van der Waals surface area contributed by atoms with Crippen molar-refractivity contribution in [2.45, 2.75) is 69.9 Å². The van der Waals surface area contributed by atoms with Gasteiger partial charge in [-0.3, -0.25) is 4.79 Å². The largest absolute Gasteiger partial charge is 0.378 e. The van der Waals surface area contributed by atoms with Crippen molar-refractivity contribution in [3.63, 3.8) is 0 Å². The van der Waals surface area contributed by atoms with Crippen molar-refractivity contribution in [3.05, 3.63) is 59.2 Å². The average Bonchev–Trinajstić information content (AvgIpc) is 3.38. The van der Waals surface area contributed by atoms with E-state index >= 15 is 0 Å². The van der Waals surface area contributed by atoms with Gasteiger partial charge in [-0.1, -0.05) is 57.9 Å². The Balaban J connectivity index is 1.38. The van der Waals surface area contributed by atoms with Gasteiger partial charge >= 0.3 is 0 Å². The zero-order chi connectivity index (χ0) is 25.4. The van der Waals surface area contributed by atoms with E-state index in [-0.39, 0.29) is 40.6 Å². The number of ketones is 1. The van der Waals surface area contributed by atoms with Crippen molar-refractivity contribution < 1.29 is 17.9 Å². The number of nitrogens with one attached hydrogen (secondary N) is 1. The van der Waals surface area contributed by atoms with Crippen LogP contribution in [0.25, 0.3) is 0 Å². The molecule has 0 aromatic heterocycles. The fourth-order valence-corrected chi connectivity index (χ4v) is 6.76. The molecule has 0 radical (unpaired) electrons. The van der Waals surface area contributed by atoms with Gasteiger partial charge in [-0.25, -0.2) is 0 Å². The first-order valence-electron chi connectivity index (χ1n) is 13.2. The van der Waals surface area contributed by atoms with Crippen LogP contribution in [-0.4, -0.2) is 27.0 Å². The summed E-state index contributed by atoms with van der Waals surface area (Å²) in [7, 11) is -3.77. The summed E-state index contributed by atoms with van der Waals surface area (Å²) in [5.74, 6) is 1.23. The number of benzene rings is 2. The number of Topliss-reactive ketones (excluding diaryl/α,β-unsaturated/α-hetero) is 1. The van der Waals surface area contributed by atoms with Gasteiger partial charge in [0.25, 0.3) is 10.0 Å². The molecule has 2 aromatic rings. The highest BCUT2D eigenvalue weighted by atomic mass is 32.2. The first kappa shape index (κ1) is 25.2. The van der Waals surface area contributed by atoms with Gasteiger partial charge in [0.1, 0.15) is 0 Å². The van der Waals surface area contributed by atoms with E-state index in [9.17, 15) is 13.2 Å². The van der Waals surface area contributed by atoms with E-state index in [0.29, 0.717) is 12.5 Å². The molecule has 1 unspecified atom stereocenters. The molecule has 5 rings (SSSR count). The zero-order valence-electron chi connectivity index (χ0n) is 21.3. The van der Waals surface area contributed by atoms with Crippen LogP contribution in [0.2, 0.25) is 0 Å². The number of anilines is 1. The maximum Gasteiger partial charge on any atom is 0.281 e. The van der Waals surface area contributed by atoms with Gasteiger partial charge in [0.2, 0.25) is 0 Å². The number of sulfonamides is 1. The normalized spacial score (nSPS) is 28.1. The summed E-state index contributed by atoms with van der Waals surface area (Å²) in [5.41, 5.74) is 3.59. The number of carbonyl (C=O) groups is 1. The Bertz CT molecular complexity index is 1240. The van der Waals surface area contributed by atoms with E-state index in [0.717, 1.165) is 54.5 Å². The molecule has 7 heteroatoms. The minimum atomic E-state index is -3.77. The molecule has 0 amide bonds. The molecule has 0 spiro atoms. The summed E-state index contributed by atoms with van der Waals surface area (Å²) in [6.07, 6.45) is 6.60. The van der Waals surface area contributed by atoms with Crippen LogP contribution in [0, 0.1) is 23.7 Å². The Labute approximate surface area is 214 Å². The van der Waals surface area contributed by atoms with Crippen LogP contribution in [0.4, 0.5) is 5.69 Å². The summed E-state index contributed by atoms with van der Waals surface area (Å²) >= 11 is 0. The lowest BCUT2D eigenvalue weighted by molar-refractivity contribution is 0.0827. The minimum Gasteiger partial charge on any atom is -0.378 e. The lowest BCUT2D eigenvalue weighted by Crippen LogP contribution is -2.29. The highest BCUT2D eigenvalue weighted by Gasteiger charge is 2.42. The Morgan fingerprint density at radius 1 is 1.06 bits per heavy atom. The van der Waals surface area contributed by atoms with Gasteiger partial charge in [0.05, 0.1) is 17.0 Å². The SMILES string of the molecule is CC1CCC(C=NS(=O)(=O)c2ccc3c(c2)[C@H]2OCC[C@H]2C(c2ccc(C(=O)C(C)C)cc2)N3)CC1. The Kier molecular flexibility index (Phi) is 7.05. The molecule has 192 valence electrons. The first-order chi connectivity index (χ1) is 17.2. The summed E-state index contributed by atoms with van der Waals surface area (Å²) in [4.78, 5) is 12.6. The highest BCUT2D eigenvalue weighted by Crippen LogP contribution is 2.50. The molecule has 1 saturated carbocycles. The van der Waals surface area contributed by atoms with Crippen molar-refractivity contribution in [2.75, 3.05) is 11.9 Å². The third kappa shape index (κ3) is 5.00. The number of carbonyl (C=O) groups excluding carboxylic acids is 1. The molecule has 2 aromatic carbocycles. The Morgan fingerprint density at radius 3 is 2.47 bits per heavy atom. The number of ether oxygens (including phenoxy) is 1. The number of hydrogen-bond acceptors (Lipinski definition) is 5. The second-order valence-electron chi connectivity index (χ2n) is 11.0. The molecule has 1 saturated heterocycles. The van der Waals surface area contributed by atoms with Crippen molar-refractivity contribution in [3.8, 4) is 0 Å². The molecular weight excluding hydrogens is 472 g/mol. The van der Waals surface area contributed by atoms with E-state index in [1.54, 1.807) is 18.3 Å². The van der Waals surface area contributed by atoms with E-state index in [2.05, 4.69) is 16.6 Å². The second-order valence-corrected chi connectivity index (χ2v) is 12.6. The van der Waals surface area contributed by atoms with E-state index in [1.807, 2.05) is 44.2 Å². The van der Waals surface area contributed by atoms with E-state index < -0.39 is 10.0 Å². The fourth-order valence-electron chi connectivity index (χ4n) is 5.79. The third-order valence-electron chi connectivity index (χ3n) is 8.05. The van der Waals surface area contributed by atoms with Gasteiger partial charge in [-0.2, -0.15) is 12.8 Å². The van der Waals surface area contributed by atoms with Gasteiger partial charge in [0, 0.05) is 41.5 Å². The third-order valence-corrected chi connectivity index (χ3v) is 9.30. The number of rotatable bonds is 6. The molecule has 2 fully saturated rings. The monoisotopic (exact) mass is 508 g/mol. The maximum absolute atomic E-state index is 13.1. The predicted molar refractivity (Wildman–Crippen MR) is 142 cm³/mol. The standard InChI is InChI=1S/C29H36N2O4S/c1-18(2)28(32)22-10-8-21(9-11-22)27-24-14-15-35-29(24)25-16-23(12-13-26(25)31-27)36(33,34)30-17-20-6-4-19(3)5-7-20/h8-13,16-20,24,27,29,31H,4-7,14-15H2,1-3H3/t19?,20?,24-,27?,29-/m0/s1. The summed E-state index contributed by atoms with van der Waals surface area (Å²) in [6, 6.07) is 13.1. The molecule has 0 bridgehead atoms. The van der Waals surface area contributed by atoms with Gasteiger partial charge in [-0.05, 0) is 54.9 Å². The van der Waals surface area contributed by atoms with Crippen molar-refractivity contribution in [1.29, 1.82) is 0 Å². The topological polar surface area (TPSA) is 84.8 Å². The summed E-state index contributed by atoms with van der Waals surface area (Å²) in [6.45, 7) is 6.70. The van der Waals surface area contributed by atoms with Crippen LogP contribution < -0.4 is 5.32 Å². The van der Waals surface area contributed by atoms with Gasteiger partial charge < -0.3 is 10.1 Å². The molecule has 1 N–H and O–H groups in total. The Hall–Kier alpha value is -2.51. The first-order valence-corrected chi connectivity index (χ1v) is 14.6. The van der Waals surface area contributed by atoms with Crippen molar-refractivity contribution in [1.82, 2.24) is 0 Å². The number of nitrogens with zero attached hydrogens (tertiary/aromatic N) is 1. The number of hydrogen-bond donors (Lipinski definition) is 1. The highest BCUT2D eigenvalue weighted by molar-refractivity contribution is 7.90. The van der Waals surface area contributed by atoms with E-state index in [4.69, 9.17) is 4.74 Å². The molecule has 3 atom stereocenters. The quantitative estimate of drug-likeness (QED) is 0.363. The fraction of sp³-hybridized carbons (Fsp3) is 0.517. The molecule has 6 nitrogen and oxygen atoms in total. The van der Waals surface area contributed by atoms with E-state index in [1.165, 1.54) is 0 Å². The molecule has 3 aliphatic rings. The predicted octanol–water partition coefficient (Wildman–Crippen LogP) is 6.36. The summed E-state index contributed by atoms with van der Waals surface area (Å²) < 4.78 is 36.3. The molecule has 36 heavy (non-hydrogen) atoms. The second kappa shape index (κ2) is 10.1. The van der Waals surface area contributed by atoms with Crippen molar-refractivity contribution >= 4 is 27.7 Å². The lowest BCUT2D eigenvalue weighted by atomic mass is 9.81. The van der Waals surface area contributed by atoms with Crippen molar-refractivity contribution in [2.24, 2.45) is 28.1 Å². The van der Waals surface area contributed by atoms with Gasteiger partial charge in [-0.15, -0.1) is 0 Å². The smallest absolute Gasteiger partial charge is 0.281 e. The number of fused-ring (bicyclic) bond motifs is 3. The van der Waals surface area contributed by atoms with Gasteiger partial charge in [0.15, 0.2) is 5.78 Å². The molecule has 2 aliphatic heterocycles. The van der Waals surface area contributed by atoms with Crippen LogP contribution in [0.15, 0.2) is 51.8 Å². The van der Waals surface area contributed by atoms with Crippen LogP contribution in [0.3, 0.4) is 0 Å². The summed E-state index contributed by atoms with van der Waals surface area (Å²) in [5, 5.41) is 3.62. The Morgan fingerprint density at radius 2 is 1.78 bits per heavy atom. The van der Waals surface area contributed by atoms with Crippen LogP contribution in [0.5, 0.6) is 0 Å².